The summed E-state index contributed by atoms with van der Waals surface area (Å²) in [6.07, 6.45) is 0. The number of rotatable bonds is 4. The van der Waals surface area contributed by atoms with Crippen LogP contribution in [0.3, 0.4) is 0 Å². The molecule has 0 aliphatic heterocycles. The zero-order chi connectivity index (χ0) is 17.0. The average Bonchev–Trinajstić information content (AvgIpc) is 2.52. The Balaban J connectivity index is 2.49. The number of anilines is 2. The number of nitrogens with zero attached hydrogens (tertiary/aromatic N) is 2. The SMILES string of the molecule is CCNC(=O)N(C)c1c(N)n(Cc2ccccc2)c(=O)[nH]c1=O. The quantitative estimate of drug-likeness (QED) is 0.754. The van der Waals surface area contributed by atoms with Gasteiger partial charge in [-0.2, -0.15) is 0 Å². The summed E-state index contributed by atoms with van der Waals surface area (Å²) < 4.78 is 1.22. The maximum atomic E-state index is 12.0. The van der Waals surface area contributed by atoms with Gasteiger partial charge in [0.15, 0.2) is 5.69 Å². The van der Waals surface area contributed by atoms with Crippen LogP contribution in [0.5, 0.6) is 0 Å². The van der Waals surface area contributed by atoms with Gasteiger partial charge in [-0.25, -0.2) is 9.59 Å². The number of hydrogen-bond acceptors (Lipinski definition) is 4. The Morgan fingerprint density at radius 1 is 1.30 bits per heavy atom. The van der Waals surface area contributed by atoms with Crippen LogP contribution < -0.4 is 27.2 Å². The van der Waals surface area contributed by atoms with Gasteiger partial charge in [0.1, 0.15) is 5.82 Å². The first kappa shape index (κ1) is 16.3. The van der Waals surface area contributed by atoms with E-state index in [1.807, 2.05) is 30.3 Å². The van der Waals surface area contributed by atoms with Crippen molar-refractivity contribution < 1.29 is 4.79 Å². The second-order valence-corrected chi connectivity index (χ2v) is 4.96. The molecule has 8 nitrogen and oxygen atoms in total. The molecule has 2 aromatic rings. The Hall–Kier alpha value is -3.03. The highest BCUT2D eigenvalue weighted by Crippen LogP contribution is 2.16. The van der Waals surface area contributed by atoms with E-state index in [2.05, 4.69) is 10.3 Å². The molecule has 2 rings (SSSR count). The Morgan fingerprint density at radius 2 is 1.96 bits per heavy atom. The number of nitrogens with one attached hydrogen (secondary N) is 2. The number of amides is 2. The van der Waals surface area contributed by atoms with E-state index in [0.29, 0.717) is 6.54 Å². The Labute approximate surface area is 132 Å². The molecule has 0 fully saturated rings. The van der Waals surface area contributed by atoms with Gasteiger partial charge in [0.2, 0.25) is 0 Å². The van der Waals surface area contributed by atoms with Crippen molar-refractivity contribution in [2.75, 3.05) is 24.2 Å². The van der Waals surface area contributed by atoms with Gasteiger partial charge >= 0.3 is 11.7 Å². The van der Waals surface area contributed by atoms with Gasteiger partial charge in [0.25, 0.3) is 5.56 Å². The first-order valence-electron chi connectivity index (χ1n) is 7.13. The van der Waals surface area contributed by atoms with E-state index in [1.165, 1.54) is 11.6 Å². The van der Waals surface area contributed by atoms with Crippen molar-refractivity contribution >= 4 is 17.5 Å². The van der Waals surface area contributed by atoms with Gasteiger partial charge in [0.05, 0.1) is 6.54 Å². The van der Waals surface area contributed by atoms with Crippen LogP contribution in [0.1, 0.15) is 12.5 Å². The largest absolute Gasteiger partial charge is 0.383 e. The molecular weight excluding hydrogens is 298 g/mol. The fourth-order valence-corrected chi connectivity index (χ4v) is 2.20. The van der Waals surface area contributed by atoms with E-state index in [4.69, 9.17) is 5.73 Å². The van der Waals surface area contributed by atoms with E-state index in [1.54, 1.807) is 6.92 Å². The summed E-state index contributed by atoms with van der Waals surface area (Å²) in [5, 5.41) is 2.57. The van der Waals surface area contributed by atoms with E-state index in [9.17, 15) is 14.4 Å². The number of H-pyrrole nitrogens is 1. The number of carbonyl (C=O) groups is 1. The lowest BCUT2D eigenvalue weighted by Gasteiger charge is -2.20. The summed E-state index contributed by atoms with van der Waals surface area (Å²) in [6, 6.07) is 8.73. The molecule has 1 aromatic heterocycles. The summed E-state index contributed by atoms with van der Waals surface area (Å²) in [7, 11) is 1.42. The lowest BCUT2D eigenvalue weighted by molar-refractivity contribution is 0.248. The van der Waals surface area contributed by atoms with Crippen LogP contribution in [0.15, 0.2) is 39.9 Å². The molecule has 0 bridgehead atoms. The lowest BCUT2D eigenvalue weighted by Crippen LogP contribution is -2.43. The van der Waals surface area contributed by atoms with E-state index < -0.39 is 17.3 Å². The van der Waals surface area contributed by atoms with Crippen molar-refractivity contribution in [2.45, 2.75) is 13.5 Å². The van der Waals surface area contributed by atoms with Gasteiger partial charge in [0, 0.05) is 13.6 Å². The zero-order valence-corrected chi connectivity index (χ0v) is 13.0. The van der Waals surface area contributed by atoms with Crippen LogP contribution in [0, 0.1) is 0 Å². The van der Waals surface area contributed by atoms with Gasteiger partial charge in [-0.1, -0.05) is 30.3 Å². The lowest BCUT2D eigenvalue weighted by atomic mass is 10.2. The first-order valence-corrected chi connectivity index (χ1v) is 7.13. The van der Waals surface area contributed by atoms with Crippen LogP contribution in [0.4, 0.5) is 16.3 Å². The molecule has 0 atom stereocenters. The van der Waals surface area contributed by atoms with E-state index in [-0.39, 0.29) is 18.1 Å². The predicted octanol–water partition coefficient (Wildman–Crippen LogP) is 0.333. The number of nitrogens with two attached hydrogens (primary N) is 1. The smallest absolute Gasteiger partial charge is 0.330 e. The van der Waals surface area contributed by atoms with Crippen LogP contribution >= 0.6 is 0 Å². The minimum atomic E-state index is -0.703. The van der Waals surface area contributed by atoms with Crippen LogP contribution in [0.2, 0.25) is 0 Å². The van der Waals surface area contributed by atoms with Crippen LogP contribution in [-0.4, -0.2) is 29.2 Å². The number of aromatic nitrogens is 2. The molecule has 0 aliphatic carbocycles. The molecule has 0 radical (unpaired) electrons. The fourth-order valence-electron chi connectivity index (χ4n) is 2.20. The van der Waals surface area contributed by atoms with Gasteiger partial charge < -0.3 is 11.1 Å². The van der Waals surface area contributed by atoms with Crippen molar-refractivity contribution in [1.29, 1.82) is 0 Å². The highest BCUT2D eigenvalue weighted by Gasteiger charge is 2.20. The standard InChI is InChI=1S/C15H19N5O3/c1-3-17-14(22)19(2)11-12(16)20(15(23)18-13(11)21)9-10-7-5-4-6-8-10/h4-8H,3,9,16H2,1-2H3,(H,17,22)(H,18,21,23). The Morgan fingerprint density at radius 3 is 2.57 bits per heavy atom. The third-order valence-electron chi connectivity index (χ3n) is 3.37. The number of nitrogen functional groups attached to an aromatic ring is 1. The van der Waals surface area contributed by atoms with Gasteiger partial charge in [-0.3, -0.25) is 19.2 Å². The molecule has 0 unspecified atom stereocenters. The van der Waals surface area contributed by atoms with E-state index in [0.717, 1.165) is 10.5 Å². The minimum Gasteiger partial charge on any atom is -0.383 e. The van der Waals surface area contributed by atoms with Crippen molar-refractivity contribution in [3.8, 4) is 0 Å². The summed E-state index contributed by atoms with van der Waals surface area (Å²) in [4.78, 5) is 39.3. The number of hydrogen-bond donors (Lipinski definition) is 3. The fraction of sp³-hybridized carbons (Fsp3) is 0.267. The van der Waals surface area contributed by atoms with Crippen molar-refractivity contribution in [2.24, 2.45) is 0 Å². The van der Waals surface area contributed by atoms with Crippen molar-refractivity contribution in [1.82, 2.24) is 14.9 Å². The maximum Gasteiger partial charge on any atom is 0.330 e. The molecule has 4 N–H and O–H groups in total. The monoisotopic (exact) mass is 317 g/mol. The van der Waals surface area contributed by atoms with Gasteiger partial charge in [-0.15, -0.1) is 0 Å². The number of carbonyl (C=O) groups excluding carboxylic acids is 1. The highest BCUT2D eigenvalue weighted by molar-refractivity contribution is 5.93. The van der Waals surface area contributed by atoms with E-state index >= 15 is 0 Å². The second-order valence-electron chi connectivity index (χ2n) is 4.96. The summed E-state index contributed by atoms with van der Waals surface area (Å²) in [5.74, 6) is -0.0589. The predicted molar refractivity (Wildman–Crippen MR) is 88.8 cm³/mol. The molecule has 8 heteroatoms. The molecular formula is C15H19N5O3. The number of benzene rings is 1. The number of aromatic amines is 1. The van der Waals surface area contributed by atoms with Gasteiger partial charge in [-0.05, 0) is 12.5 Å². The Kier molecular flexibility index (Phi) is 4.85. The van der Waals surface area contributed by atoms with Crippen LogP contribution in [0.25, 0.3) is 0 Å². The average molecular weight is 317 g/mol. The minimum absolute atomic E-state index is 0.0589. The van der Waals surface area contributed by atoms with Crippen molar-refractivity contribution in [3.63, 3.8) is 0 Å². The molecule has 0 aliphatic rings. The number of urea groups is 1. The molecule has 0 saturated heterocycles. The topological polar surface area (TPSA) is 113 Å². The maximum absolute atomic E-state index is 12.0. The van der Waals surface area contributed by atoms with Crippen LogP contribution in [-0.2, 0) is 6.54 Å². The van der Waals surface area contributed by atoms with Crippen molar-refractivity contribution in [3.05, 3.63) is 56.7 Å². The Bertz CT molecular complexity index is 810. The normalized spacial score (nSPS) is 10.3. The molecule has 0 spiro atoms. The summed E-state index contributed by atoms with van der Waals surface area (Å²) in [6.45, 7) is 2.36. The molecule has 0 saturated carbocycles. The first-order chi connectivity index (χ1) is 11.0. The molecule has 122 valence electrons. The second kappa shape index (κ2) is 6.82. The zero-order valence-electron chi connectivity index (χ0n) is 13.0. The third-order valence-corrected chi connectivity index (χ3v) is 3.37. The summed E-state index contributed by atoms with van der Waals surface area (Å²) in [5.41, 5.74) is 5.45. The molecule has 1 heterocycles. The molecule has 23 heavy (non-hydrogen) atoms. The molecule has 2 amide bonds. The molecule has 1 aromatic carbocycles. The third kappa shape index (κ3) is 3.42. The summed E-state index contributed by atoms with van der Waals surface area (Å²) >= 11 is 0. The highest BCUT2D eigenvalue weighted by atomic mass is 16.2.